The topological polar surface area (TPSA) is 22.0 Å². The van der Waals surface area contributed by atoms with Crippen molar-refractivity contribution in [3.63, 3.8) is 0 Å². The molecule has 1 heterocycles. The van der Waals surface area contributed by atoms with Gasteiger partial charge in [0.05, 0.1) is 6.54 Å². The second-order valence-corrected chi connectivity index (χ2v) is 3.92. The molecule has 82 valence electrons. The summed E-state index contributed by atoms with van der Waals surface area (Å²) in [5.41, 5.74) is 2.21. The molecule has 1 aromatic rings. The number of nitrogens with zero attached hydrogens (tertiary/aromatic N) is 1. The minimum absolute atomic E-state index is 0.0902. The van der Waals surface area contributed by atoms with E-state index in [4.69, 9.17) is 0 Å². The quantitative estimate of drug-likeness (QED) is 0.740. The Labute approximate surface area is 86.9 Å². The van der Waals surface area contributed by atoms with Gasteiger partial charge in [-0.3, -0.25) is 4.79 Å². The van der Waals surface area contributed by atoms with Crippen molar-refractivity contribution >= 4 is 5.78 Å². The number of Topliss-reactive ketones (excluding diaryl/α,β-unsaturated/α-hetero) is 1. The van der Waals surface area contributed by atoms with Crippen LogP contribution in [0.1, 0.15) is 34.6 Å². The van der Waals surface area contributed by atoms with Crippen LogP contribution in [0.25, 0.3) is 0 Å². The fourth-order valence-electron chi connectivity index (χ4n) is 2.18. The number of fused-ring (bicyclic) bond motifs is 1. The van der Waals surface area contributed by atoms with Crippen LogP contribution in [0.15, 0.2) is 6.07 Å². The van der Waals surface area contributed by atoms with Crippen LogP contribution in [-0.2, 0) is 13.0 Å². The summed E-state index contributed by atoms with van der Waals surface area (Å²) in [7, 11) is 0. The van der Waals surface area contributed by atoms with E-state index in [2.05, 4.69) is 0 Å². The molecule has 0 unspecified atom stereocenters. The van der Waals surface area contributed by atoms with E-state index in [1.165, 1.54) is 0 Å². The number of rotatable bonds is 2. The van der Waals surface area contributed by atoms with E-state index in [1.807, 2.05) is 0 Å². The van der Waals surface area contributed by atoms with Gasteiger partial charge in [-0.05, 0) is 25.8 Å². The molecule has 0 N–H and O–H groups in total. The SMILES string of the molecule is Cc1cc2c(n1CC(F)F)CCCC2=O. The van der Waals surface area contributed by atoms with Crippen LogP contribution in [0.2, 0.25) is 0 Å². The predicted octanol–water partition coefficient (Wildman–Crippen LogP) is 2.58. The molecule has 2 rings (SSSR count). The average molecular weight is 213 g/mol. The van der Waals surface area contributed by atoms with E-state index in [0.717, 1.165) is 24.2 Å². The van der Waals surface area contributed by atoms with Gasteiger partial charge in [0.15, 0.2) is 5.78 Å². The van der Waals surface area contributed by atoms with Crippen molar-refractivity contribution in [2.75, 3.05) is 0 Å². The van der Waals surface area contributed by atoms with Crippen LogP contribution in [0.5, 0.6) is 0 Å². The zero-order valence-electron chi connectivity index (χ0n) is 8.59. The molecule has 15 heavy (non-hydrogen) atoms. The second-order valence-electron chi connectivity index (χ2n) is 3.92. The fourth-order valence-corrected chi connectivity index (χ4v) is 2.18. The van der Waals surface area contributed by atoms with Gasteiger partial charge in [0.25, 0.3) is 6.43 Å². The summed E-state index contributed by atoms with van der Waals surface area (Å²) >= 11 is 0. The monoisotopic (exact) mass is 213 g/mol. The normalized spacial score (nSPS) is 15.9. The Hall–Kier alpha value is -1.19. The third-order valence-corrected chi connectivity index (χ3v) is 2.85. The summed E-state index contributed by atoms with van der Waals surface area (Å²) in [6.45, 7) is 1.47. The van der Waals surface area contributed by atoms with Crippen LogP contribution in [0.3, 0.4) is 0 Å². The van der Waals surface area contributed by atoms with Gasteiger partial charge in [-0.1, -0.05) is 0 Å². The Bertz CT molecular complexity index is 396. The Kier molecular flexibility index (Phi) is 2.59. The number of ketones is 1. The maximum Gasteiger partial charge on any atom is 0.256 e. The van der Waals surface area contributed by atoms with E-state index >= 15 is 0 Å². The first-order valence-corrected chi connectivity index (χ1v) is 5.10. The maximum absolute atomic E-state index is 12.3. The van der Waals surface area contributed by atoms with Gasteiger partial charge in [0, 0.05) is 23.4 Å². The van der Waals surface area contributed by atoms with Crippen LogP contribution in [-0.4, -0.2) is 16.8 Å². The highest BCUT2D eigenvalue weighted by molar-refractivity contribution is 5.98. The van der Waals surface area contributed by atoms with Crippen molar-refractivity contribution in [1.82, 2.24) is 4.57 Å². The summed E-state index contributed by atoms with van der Waals surface area (Å²) < 4.78 is 26.3. The number of carbonyl (C=O) groups is 1. The highest BCUT2D eigenvalue weighted by atomic mass is 19.3. The molecule has 0 aromatic carbocycles. The first-order chi connectivity index (χ1) is 7.09. The van der Waals surface area contributed by atoms with Crippen LogP contribution in [0, 0.1) is 6.92 Å². The van der Waals surface area contributed by atoms with E-state index in [-0.39, 0.29) is 12.3 Å². The van der Waals surface area contributed by atoms with Gasteiger partial charge in [-0.15, -0.1) is 0 Å². The number of hydrogen-bond donors (Lipinski definition) is 0. The lowest BCUT2D eigenvalue weighted by molar-refractivity contribution is 0.0967. The molecule has 0 spiro atoms. The largest absolute Gasteiger partial charge is 0.342 e. The molecule has 0 saturated heterocycles. The zero-order chi connectivity index (χ0) is 11.0. The lowest BCUT2D eigenvalue weighted by Crippen LogP contribution is -2.16. The number of hydrogen-bond acceptors (Lipinski definition) is 1. The van der Waals surface area contributed by atoms with E-state index in [1.54, 1.807) is 17.6 Å². The number of halogens is 2. The molecule has 0 fully saturated rings. The molecule has 4 heteroatoms. The maximum atomic E-state index is 12.3. The third-order valence-electron chi connectivity index (χ3n) is 2.85. The summed E-state index contributed by atoms with van der Waals surface area (Å²) in [4.78, 5) is 11.5. The Morgan fingerprint density at radius 1 is 1.47 bits per heavy atom. The van der Waals surface area contributed by atoms with E-state index in [9.17, 15) is 13.6 Å². The molecule has 1 aromatic heterocycles. The molecule has 0 radical (unpaired) electrons. The molecule has 0 atom stereocenters. The van der Waals surface area contributed by atoms with E-state index < -0.39 is 6.43 Å². The van der Waals surface area contributed by atoms with Crippen LogP contribution >= 0.6 is 0 Å². The summed E-state index contributed by atoms with van der Waals surface area (Å²) in [5.74, 6) is 0.0902. The highest BCUT2D eigenvalue weighted by Crippen LogP contribution is 2.25. The molecule has 0 bridgehead atoms. The molecule has 2 nitrogen and oxygen atoms in total. The van der Waals surface area contributed by atoms with E-state index in [0.29, 0.717) is 12.0 Å². The van der Waals surface area contributed by atoms with Crippen molar-refractivity contribution in [2.45, 2.75) is 39.2 Å². The predicted molar refractivity (Wildman–Crippen MR) is 52.4 cm³/mol. The molecule has 0 aliphatic heterocycles. The van der Waals surface area contributed by atoms with Gasteiger partial charge in [0.1, 0.15) is 0 Å². The van der Waals surface area contributed by atoms with Crippen LogP contribution < -0.4 is 0 Å². The molecule has 0 saturated carbocycles. The third kappa shape index (κ3) is 1.80. The average Bonchev–Trinajstić information content (AvgIpc) is 2.45. The lowest BCUT2D eigenvalue weighted by atomic mass is 9.97. The fraction of sp³-hybridized carbons (Fsp3) is 0.545. The highest BCUT2D eigenvalue weighted by Gasteiger charge is 2.23. The van der Waals surface area contributed by atoms with Gasteiger partial charge in [0.2, 0.25) is 0 Å². The number of aromatic nitrogens is 1. The minimum Gasteiger partial charge on any atom is -0.342 e. The summed E-state index contributed by atoms with van der Waals surface area (Å²) in [6.07, 6.45) is -0.303. The van der Waals surface area contributed by atoms with Crippen LogP contribution in [0.4, 0.5) is 8.78 Å². The number of alkyl halides is 2. The smallest absolute Gasteiger partial charge is 0.256 e. The molecule has 0 amide bonds. The molecule has 1 aliphatic rings. The van der Waals surface area contributed by atoms with Crippen molar-refractivity contribution in [1.29, 1.82) is 0 Å². The van der Waals surface area contributed by atoms with Gasteiger partial charge in [-0.2, -0.15) is 0 Å². The number of carbonyl (C=O) groups excluding carboxylic acids is 1. The Balaban J connectivity index is 2.42. The standard InChI is InChI=1S/C11H13F2NO/c1-7-5-8-9(3-2-4-10(8)15)14(7)6-11(12)13/h5,11H,2-4,6H2,1H3. The molecule has 1 aliphatic carbocycles. The molecular formula is C11H13F2NO. The van der Waals surface area contributed by atoms with Gasteiger partial charge < -0.3 is 4.57 Å². The zero-order valence-corrected chi connectivity index (χ0v) is 8.59. The van der Waals surface area contributed by atoms with Crippen molar-refractivity contribution in [2.24, 2.45) is 0 Å². The molecular weight excluding hydrogens is 200 g/mol. The lowest BCUT2D eigenvalue weighted by Gasteiger charge is -2.15. The van der Waals surface area contributed by atoms with Crippen molar-refractivity contribution in [3.8, 4) is 0 Å². The van der Waals surface area contributed by atoms with Gasteiger partial charge >= 0.3 is 0 Å². The summed E-state index contributed by atoms with van der Waals surface area (Å²) in [6, 6.07) is 1.74. The Morgan fingerprint density at radius 2 is 2.20 bits per heavy atom. The first-order valence-electron chi connectivity index (χ1n) is 5.10. The number of aryl methyl sites for hydroxylation is 1. The van der Waals surface area contributed by atoms with Gasteiger partial charge in [-0.25, -0.2) is 8.78 Å². The summed E-state index contributed by atoms with van der Waals surface area (Å²) in [5, 5.41) is 0. The van der Waals surface area contributed by atoms with Crippen molar-refractivity contribution in [3.05, 3.63) is 23.0 Å². The Morgan fingerprint density at radius 3 is 2.87 bits per heavy atom. The second kappa shape index (κ2) is 3.76. The minimum atomic E-state index is -2.36. The first kappa shape index (κ1) is 10.3. The van der Waals surface area contributed by atoms with Crippen molar-refractivity contribution < 1.29 is 13.6 Å².